The third-order valence-corrected chi connectivity index (χ3v) is 1.76. The van der Waals surface area contributed by atoms with Crippen LogP contribution >= 0.6 is 0 Å². The van der Waals surface area contributed by atoms with E-state index < -0.39 is 31.0 Å². The summed E-state index contributed by atoms with van der Waals surface area (Å²) in [6, 6.07) is 0. The van der Waals surface area contributed by atoms with Crippen molar-refractivity contribution in [2.45, 2.75) is 44.6 Å². The van der Waals surface area contributed by atoms with Crippen molar-refractivity contribution >= 4 is 0 Å². The number of hydrogen-bond donors (Lipinski definition) is 0. The van der Waals surface area contributed by atoms with Crippen LogP contribution in [0.25, 0.3) is 0 Å². The molecule has 7 heteroatoms. The molecule has 0 aliphatic rings. The van der Waals surface area contributed by atoms with Crippen LogP contribution in [-0.4, -0.2) is 24.6 Å². The summed E-state index contributed by atoms with van der Waals surface area (Å²) < 4.78 is 79.1. The second-order valence-corrected chi connectivity index (χ2v) is 3.00. The summed E-state index contributed by atoms with van der Waals surface area (Å²) in [5, 5.41) is 0. The van der Waals surface area contributed by atoms with Gasteiger partial charge in [0, 0.05) is 6.42 Å². The molecule has 0 aliphatic heterocycles. The summed E-state index contributed by atoms with van der Waals surface area (Å²) in [6.07, 6.45) is -6.50. The van der Waals surface area contributed by atoms with E-state index in [0.717, 1.165) is 0 Å². The molecular weight excluding hydrogens is 226 g/mol. The van der Waals surface area contributed by atoms with E-state index in [4.69, 9.17) is 0 Å². The van der Waals surface area contributed by atoms with Gasteiger partial charge in [0.1, 0.15) is 0 Å². The molecule has 0 aromatic carbocycles. The average molecular weight is 238 g/mol. The summed E-state index contributed by atoms with van der Waals surface area (Å²) in [7, 11) is 0. The van der Waals surface area contributed by atoms with Crippen molar-refractivity contribution in [2.24, 2.45) is 0 Å². The quantitative estimate of drug-likeness (QED) is 0.641. The van der Waals surface area contributed by atoms with E-state index in [1.807, 2.05) is 0 Å². The fraction of sp³-hybridized carbons (Fsp3) is 1.00. The van der Waals surface area contributed by atoms with E-state index >= 15 is 0 Å². The lowest BCUT2D eigenvalue weighted by molar-refractivity contribution is -0.398. The Balaban J connectivity index is 4.83. The molecule has 0 aromatic heterocycles. The summed E-state index contributed by atoms with van der Waals surface area (Å²) >= 11 is 0. The monoisotopic (exact) mass is 238 g/mol. The number of alkyl halides is 6. The highest BCUT2D eigenvalue weighted by atomic mass is 19.3. The van der Waals surface area contributed by atoms with Crippen molar-refractivity contribution in [2.75, 3.05) is 6.61 Å². The predicted octanol–water partition coefficient (Wildman–Crippen LogP) is 3.69. The smallest absolute Gasteiger partial charge is 0.316 e. The van der Waals surface area contributed by atoms with Gasteiger partial charge in [-0.25, -0.2) is 0 Å². The van der Waals surface area contributed by atoms with Gasteiger partial charge >= 0.3 is 18.0 Å². The molecule has 1 nitrogen and oxygen atoms in total. The fourth-order valence-electron chi connectivity index (χ4n) is 0.756. The average Bonchev–Trinajstić information content (AvgIpc) is 2.14. The van der Waals surface area contributed by atoms with Crippen LogP contribution in [0.15, 0.2) is 0 Å². The zero-order valence-corrected chi connectivity index (χ0v) is 8.30. The third kappa shape index (κ3) is 2.76. The van der Waals surface area contributed by atoms with Gasteiger partial charge in [0.2, 0.25) is 0 Å². The van der Waals surface area contributed by atoms with Crippen LogP contribution in [0.1, 0.15) is 26.7 Å². The highest BCUT2D eigenvalue weighted by molar-refractivity contribution is 4.90. The van der Waals surface area contributed by atoms with Crippen LogP contribution in [0.4, 0.5) is 26.3 Å². The minimum absolute atomic E-state index is 0.0311. The van der Waals surface area contributed by atoms with Crippen molar-refractivity contribution in [1.82, 2.24) is 0 Å². The first-order valence-corrected chi connectivity index (χ1v) is 4.39. The zero-order chi connectivity index (χ0) is 12.3. The minimum Gasteiger partial charge on any atom is -0.316 e. The van der Waals surface area contributed by atoms with Crippen LogP contribution in [-0.2, 0) is 4.74 Å². The molecule has 0 saturated carbocycles. The van der Waals surface area contributed by atoms with Crippen LogP contribution in [0.2, 0.25) is 0 Å². The van der Waals surface area contributed by atoms with Crippen LogP contribution in [0, 0.1) is 0 Å². The molecule has 15 heavy (non-hydrogen) atoms. The second-order valence-electron chi connectivity index (χ2n) is 3.00. The Morgan fingerprint density at radius 3 is 1.73 bits per heavy atom. The van der Waals surface area contributed by atoms with E-state index in [1.165, 1.54) is 6.92 Å². The largest absolute Gasteiger partial charge is 0.425 e. The molecule has 0 heterocycles. The molecule has 0 fully saturated rings. The maximum absolute atomic E-state index is 12.7. The molecule has 0 atom stereocenters. The number of rotatable bonds is 6. The molecule has 0 rings (SSSR count). The van der Waals surface area contributed by atoms with E-state index in [9.17, 15) is 26.3 Å². The van der Waals surface area contributed by atoms with Crippen molar-refractivity contribution in [3.63, 3.8) is 0 Å². The molecule has 0 saturated heterocycles. The topological polar surface area (TPSA) is 9.23 Å². The van der Waals surface area contributed by atoms with Crippen molar-refractivity contribution in [1.29, 1.82) is 0 Å². The number of ether oxygens (including phenoxy) is 1. The van der Waals surface area contributed by atoms with Gasteiger partial charge < -0.3 is 4.74 Å². The maximum Gasteiger partial charge on any atom is 0.425 e. The predicted molar refractivity (Wildman–Crippen MR) is 41.4 cm³/mol. The summed E-state index contributed by atoms with van der Waals surface area (Å²) in [6.45, 7) is 1.39. The Morgan fingerprint density at radius 1 is 0.933 bits per heavy atom. The highest BCUT2D eigenvalue weighted by Crippen LogP contribution is 2.47. The number of halogens is 6. The molecule has 0 aliphatic carbocycles. The van der Waals surface area contributed by atoms with E-state index in [1.54, 1.807) is 0 Å². The van der Waals surface area contributed by atoms with Crippen LogP contribution in [0.3, 0.4) is 0 Å². The normalized spacial score (nSPS) is 14.4. The molecular formula is C8H12F6O. The Hall–Kier alpha value is -0.460. The second kappa shape index (κ2) is 4.59. The SMILES string of the molecule is CCCOC(F)(F)C(F)(F)C(F)(F)CC. The molecule has 0 N–H and O–H groups in total. The Labute approximate surface area is 83.4 Å². The Morgan fingerprint density at radius 2 is 1.40 bits per heavy atom. The number of hydrogen-bond acceptors (Lipinski definition) is 1. The van der Waals surface area contributed by atoms with Gasteiger partial charge in [-0.1, -0.05) is 13.8 Å². The van der Waals surface area contributed by atoms with Crippen molar-refractivity contribution in [3.8, 4) is 0 Å². The van der Waals surface area contributed by atoms with Crippen molar-refractivity contribution < 1.29 is 31.1 Å². The van der Waals surface area contributed by atoms with Gasteiger partial charge in [-0.15, -0.1) is 0 Å². The highest BCUT2D eigenvalue weighted by Gasteiger charge is 2.71. The zero-order valence-electron chi connectivity index (χ0n) is 8.30. The molecule has 0 bridgehead atoms. The van der Waals surface area contributed by atoms with Crippen LogP contribution < -0.4 is 0 Å². The lowest BCUT2D eigenvalue weighted by Gasteiger charge is -2.31. The van der Waals surface area contributed by atoms with Gasteiger partial charge in [0.15, 0.2) is 0 Å². The molecule has 0 aromatic rings. The van der Waals surface area contributed by atoms with Crippen LogP contribution in [0.5, 0.6) is 0 Å². The fourth-order valence-corrected chi connectivity index (χ4v) is 0.756. The van der Waals surface area contributed by atoms with Crippen molar-refractivity contribution in [3.05, 3.63) is 0 Å². The lowest BCUT2D eigenvalue weighted by atomic mass is 10.1. The first-order valence-electron chi connectivity index (χ1n) is 4.39. The van der Waals surface area contributed by atoms with E-state index in [-0.39, 0.29) is 6.42 Å². The Bertz CT molecular complexity index is 203. The molecule has 0 radical (unpaired) electrons. The summed E-state index contributed by atoms with van der Waals surface area (Å²) in [4.78, 5) is 0. The van der Waals surface area contributed by atoms with Gasteiger partial charge in [0.25, 0.3) is 0 Å². The summed E-state index contributed by atoms with van der Waals surface area (Å²) in [5.41, 5.74) is 0. The molecule has 0 amide bonds. The molecule has 0 spiro atoms. The van der Waals surface area contributed by atoms with Gasteiger partial charge in [-0.2, -0.15) is 26.3 Å². The first-order chi connectivity index (χ1) is 6.62. The van der Waals surface area contributed by atoms with E-state index in [2.05, 4.69) is 4.74 Å². The standard InChI is InChI=1S/C8H12F6O/c1-3-5-15-8(13,14)7(11,12)6(9,10)4-2/h3-5H2,1-2H3. The van der Waals surface area contributed by atoms with Gasteiger partial charge in [0.05, 0.1) is 6.61 Å². The maximum atomic E-state index is 12.7. The lowest BCUT2D eigenvalue weighted by Crippen LogP contribution is -2.55. The minimum atomic E-state index is -5.50. The molecule has 92 valence electrons. The first kappa shape index (κ1) is 14.5. The van der Waals surface area contributed by atoms with Gasteiger partial charge in [-0.05, 0) is 6.42 Å². The third-order valence-electron chi connectivity index (χ3n) is 1.76. The summed E-state index contributed by atoms with van der Waals surface area (Å²) in [5.74, 6) is -10.3. The molecule has 0 unspecified atom stereocenters. The van der Waals surface area contributed by atoms with Gasteiger partial charge in [-0.3, -0.25) is 0 Å². The van der Waals surface area contributed by atoms with E-state index in [0.29, 0.717) is 6.92 Å². The Kier molecular flexibility index (Phi) is 4.45.